The van der Waals surface area contributed by atoms with Crippen LogP contribution < -0.4 is 20.2 Å². The summed E-state index contributed by atoms with van der Waals surface area (Å²) in [6.45, 7) is 2.39. The molecule has 0 aliphatic rings. The lowest BCUT2D eigenvalue weighted by Crippen LogP contribution is -2.32. The number of hydrogen-bond donors (Lipinski definition) is 2. The number of carbonyl (C=O) groups is 3. The van der Waals surface area contributed by atoms with E-state index in [4.69, 9.17) is 21.1 Å². The molecule has 0 bridgehead atoms. The number of hydrazone groups is 1. The van der Waals surface area contributed by atoms with Crippen LogP contribution in [0.5, 0.6) is 11.5 Å². The Morgan fingerprint density at radius 2 is 1.62 bits per heavy atom. The van der Waals surface area contributed by atoms with Crippen molar-refractivity contribution in [2.75, 3.05) is 11.9 Å². The second-order valence-corrected chi connectivity index (χ2v) is 8.09. The number of ether oxygens (including phenoxy) is 2. The molecule has 0 aliphatic heterocycles. The van der Waals surface area contributed by atoms with E-state index in [0.717, 1.165) is 10.8 Å². The number of rotatable bonds is 7. The Morgan fingerprint density at radius 3 is 2.38 bits per heavy atom. The Bertz CT molecular complexity index is 1490. The Hall–Kier alpha value is -4.69. The molecule has 8 nitrogen and oxygen atoms in total. The fourth-order valence-electron chi connectivity index (χ4n) is 3.46. The summed E-state index contributed by atoms with van der Waals surface area (Å²) in [6, 6.07) is 24.0. The molecule has 0 aliphatic carbocycles. The summed E-state index contributed by atoms with van der Waals surface area (Å²) in [5, 5.41) is 8.24. The van der Waals surface area contributed by atoms with E-state index in [9.17, 15) is 14.4 Å². The van der Waals surface area contributed by atoms with Crippen molar-refractivity contribution in [3.63, 3.8) is 0 Å². The number of fused-ring (bicyclic) bond motifs is 1. The largest absolute Gasteiger partial charge is 0.494 e. The summed E-state index contributed by atoms with van der Waals surface area (Å²) in [6.07, 6.45) is 1.32. The number of anilines is 1. The first kappa shape index (κ1) is 25.4. The highest BCUT2D eigenvalue weighted by Crippen LogP contribution is 2.28. The van der Waals surface area contributed by atoms with Crippen molar-refractivity contribution in [2.24, 2.45) is 5.10 Å². The highest BCUT2D eigenvalue weighted by Gasteiger charge is 2.16. The smallest absolute Gasteiger partial charge is 0.343 e. The minimum absolute atomic E-state index is 0.233. The van der Waals surface area contributed by atoms with Crippen molar-refractivity contribution in [3.8, 4) is 11.5 Å². The van der Waals surface area contributed by atoms with Gasteiger partial charge in [-0.05, 0) is 60.2 Å². The van der Waals surface area contributed by atoms with Gasteiger partial charge < -0.3 is 14.8 Å². The van der Waals surface area contributed by atoms with Gasteiger partial charge in [0.1, 0.15) is 11.5 Å². The van der Waals surface area contributed by atoms with Crippen LogP contribution in [0.2, 0.25) is 5.02 Å². The van der Waals surface area contributed by atoms with Gasteiger partial charge in [0.05, 0.1) is 29.1 Å². The summed E-state index contributed by atoms with van der Waals surface area (Å²) < 4.78 is 11.1. The van der Waals surface area contributed by atoms with Crippen molar-refractivity contribution in [3.05, 3.63) is 101 Å². The highest BCUT2D eigenvalue weighted by atomic mass is 35.5. The van der Waals surface area contributed by atoms with Crippen LogP contribution in [0.15, 0.2) is 90.0 Å². The fourth-order valence-corrected chi connectivity index (χ4v) is 3.64. The first-order valence-corrected chi connectivity index (χ1v) is 11.7. The van der Waals surface area contributed by atoms with Crippen LogP contribution in [0, 0.1) is 0 Å². The quantitative estimate of drug-likeness (QED) is 0.116. The van der Waals surface area contributed by atoms with Crippen LogP contribution in [0.1, 0.15) is 22.8 Å². The molecule has 37 heavy (non-hydrogen) atoms. The second kappa shape index (κ2) is 11.8. The maximum absolute atomic E-state index is 12.8. The Labute approximate surface area is 217 Å². The van der Waals surface area contributed by atoms with E-state index in [2.05, 4.69) is 15.8 Å². The number of esters is 1. The van der Waals surface area contributed by atoms with Gasteiger partial charge in [-0.3, -0.25) is 9.59 Å². The van der Waals surface area contributed by atoms with E-state index < -0.39 is 17.8 Å². The number of nitrogens with zero attached hydrogens (tertiary/aromatic N) is 1. The van der Waals surface area contributed by atoms with Gasteiger partial charge in [0.15, 0.2) is 0 Å². The van der Waals surface area contributed by atoms with Gasteiger partial charge in [-0.1, -0.05) is 54.1 Å². The van der Waals surface area contributed by atoms with Gasteiger partial charge in [-0.2, -0.15) is 5.10 Å². The van der Waals surface area contributed by atoms with E-state index in [-0.39, 0.29) is 5.75 Å². The summed E-state index contributed by atoms with van der Waals surface area (Å²) in [7, 11) is 0. The van der Waals surface area contributed by atoms with Gasteiger partial charge in [0, 0.05) is 5.56 Å². The zero-order chi connectivity index (χ0) is 26.2. The van der Waals surface area contributed by atoms with Crippen molar-refractivity contribution in [2.45, 2.75) is 6.92 Å². The lowest BCUT2D eigenvalue weighted by Gasteiger charge is -2.11. The van der Waals surface area contributed by atoms with E-state index in [1.165, 1.54) is 6.21 Å². The molecule has 0 fully saturated rings. The summed E-state index contributed by atoms with van der Waals surface area (Å²) in [4.78, 5) is 37.3. The van der Waals surface area contributed by atoms with Crippen LogP contribution in [0.4, 0.5) is 5.69 Å². The topological polar surface area (TPSA) is 106 Å². The molecule has 4 aromatic rings. The van der Waals surface area contributed by atoms with Crippen molar-refractivity contribution < 1.29 is 23.9 Å². The maximum Gasteiger partial charge on any atom is 0.343 e. The maximum atomic E-state index is 12.8. The number of halogens is 1. The molecule has 0 aromatic heterocycles. The Kier molecular flexibility index (Phi) is 8.12. The molecule has 9 heteroatoms. The fraction of sp³-hybridized carbons (Fsp3) is 0.0714. The average Bonchev–Trinajstić information content (AvgIpc) is 2.91. The zero-order valence-corrected chi connectivity index (χ0v) is 20.5. The summed E-state index contributed by atoms with van der Waals surface area (Å²) in [5.41, 5.74) is 3.27. The van der Waals surface area contributed by atoms with Crippen LogP contribution in [0.3, 0.4) is 0 Å². The second-order valence-electron chi connectivity index (χ2n) is 7.68. The van der Waals surface area contributed by atoms with Gasteiger partial charge in [-0.15, -0.1) is 0 Å². The van der Waals surface area contributed by atoms with E-state index >= 15 is 0 Å². The molecule has 2 N–H and O–H groups in total. The SMILES string of the molecule is CCOc1ccc(C(=O)Oc2ccc3ccccc3c2/C=N\NC(=O)C(=O)Nc2ccccc2Cl)cc1. The lowest BCUT2D eigenvalue weighted by molar-refractivity contribution is -0.136. The number of amides is 2. The minimum atomic E-state index is -0.996. The molecule has 4 rings (SSSR count). The Morgan fingerprint density at radius 1 is 0.892 bits per heavy atom. The van der Waals surface area contributed by atoms with Crippen LogP contribution in [0.25, 0.3) is 10.8 Å². The third kappa shape index (κ3) is 6.31. The molecular weight excluding hydrogens is 494 g/mol. The van der Waals surface area contributed by atoms with Gasteiger partial charge >= 0.3 is 17.8 Å². The predicted molar refractivity (Wildman–Crippen MR) is 142 cm³/mol. The zero-order valence-electron chi connectivity index (χ0n) is 19.7. The molecule has 0 saturated carbocycles. The van der Waals surface area contributed by atoms with Crippen molar-refractivity contribution in [1.29, 1.82) is 0 Å². The third-order valence-corrected chi connectivity index (χ3v) is 5.55. The van der Waals surface area contributed by atoms with E-state index in [1.54, 1.807) is 54.6 Å². The van der Waals surface area contributed by atoms with Crippen LogP contribution in [-0.2, 0) is 9.59 Å². The van der Waals surface area contributed by atoms with Crippen LogP contribution in [-0.4, -0.2) is 30.6 Å². The highest BCUT2D eigenvalue weighted by molar-refractivity contribution is 6.41. The molecule has 186 valence electrons. The number of nitrogens with one attached hydrogen (secondary N) is 2. The minimum Gasteiger partial charge on any atom is -0.494 e. The summed E-state index contributed by atoms with van der Waals surface area (Å²) >= 11 is 6.01. The number of hydrogen-bond acceptors (Lipinski definition) is 6. The molecule has 4 aromatic carbocycles. The van der Waals surface area contributed by atoms with Gasteiger partial charge in [0.25, 0.3) is 0 Å². The molecule has 0 unspecified atom stereocenters. The molecule has 0 saturated heterocycles. The van der Waals surface area contributed by atoms with Crippen molar-refractivity contribution >= 4 is 52.1 Å². The molecule has 0 heterocycles. The first-order valence-electron chi connectivity index (χ1n) is 11.3. The number of carbonyl (C=O) groups excluding carboxylic acids is 3. The molecule has 0 spiro atoms. The Balaban J connectivity index is 1.53. The van der Waals surface area contributed by atoms with Crippen molar-refractivity contribution in [1.82, 2.24) is 5.43 Å². The molecule has 0 radical (unpaired) electrons. The van der Waals surface area contributed by atoms with Gasteiger partial charge in [-0.25, -0.2) is 10.2 Å². The normalized spacial score (nSPS) is 10.8. The molecule has 2 amide bonds. The third-order valence-electron chi connectivity index (χ3n) is 5.22. The average molecular weight is 516 g/mol. The van der Waals surface area contributed by atoms with E-state index in [0.29, 0.717) is 34.2 Å². The molecular formula is C28H22ClN3O5. The standard InChI is InChI=1S/C28H22ClN3O5/c1-2-36-20-14-11-19(12-15-20)28(35)37-25-16-13-18-7-3-4-8-21(18)22(25)17-30-32-27(34)26(33)31-24-10-6-5-9-23(24)29/h3-17H,2H2,1H3,(H,31,33)(H,32,34)/b30-17-. The predicted octanol–water partition coefficient (Wildman–Crippen LogP) is 5.20. The first-order chi connectivity index (χ1) is 18.0. The van der Waals surface area contributed by atoms with E-state index in [1.807, 2.05) is 37.3 Å². The summed E-state index contributed by atoms with van der Waals surface area (Å²) in [5.74, 6) is -1.63. The lowest BCUT2D eigenvalue weighted by atomic mass is 10.0. The number of para-hydroxylation sites is 1. The molecule has 0 atom stereocenters. The van der Waals surface area contributed by atoms with Gasteiger partial charge in [0.2, 0.25) is 0 Å². The van der Waals surface area contributed by atoms with Crippen LogP contribution >= 0.6 is 11.6 Å². The monoisotopic (exact) mass is 515 g/mol. The number of benzene rings is 4.